The molecule has 0 aliphatic rings. The average Bonchev–Trinajstić information content (AvgIpc) is 2.81. The number of benzene rings is 1. The number of carbonyl (C=O) groups is 3. The zero-order chi connectivity index (χ0) is 27.3. The maximum atomic E-state index is 14.0. The first kappa shape index (κ1) is 31.8. The molecule has 1 rings (SSSR count). The second-order valence-corrected chi connectivity index (χ2v) is 11.3. The highest BCUT2D eigenvalue weighted by molar-refractivity contribution is 7.98. The molecule has 0 radical (unpaired) electrons. The van der Waals surface area contributed by atoms with E-state index in [1.165, 1.54) is 0 Å². The lowest BCUT2D eigenvalue weighted by molar-refractivity contribution is -0.144. The van der Waals surface area contributed by atoms with Gasteiger partial charge in [0.05, 0.1) is 0 Å². The maximum Gasteiger partial charge on any atom is 0.408 e. The smallest absolute Gasteiger partial charge is 0.408 e. The van der Waals surface area contributed by atoms with E-state index in [0.717, 1.165) is 36.8 Å². The van der Waals surface area contributed by atoms with Gasteiger partial charge in [-0.2, -0.15) is 11.8 Å². The monoisotopic (exact) mass is 521 g/mol. The summed E-state index contributed by atoms with van der Waals surface area (Å²) in [6, 6.07) is 5.97. The van der Waals surface area contributed by atoms with Crippen LogP contribution in [0.1, 0.15) is 91.3 Å². The molecule has 0 aliphatic heterocycles. The maximum absolute atomic E-state index is 14.0. The second kappa shape index (κ2) is 15.8. The van der Waals surface area contributed by atoms with Gasteiger partial charge in [-0.15, -0.1) is 0 Å². The van der Waals surface area contributed by atoms with Crippen LogP contribution in [0.15, 0.2) is 24.3 Å². The fourth-order valence-corrected chi connectivity index (χ4v) is 4.33. The molecule has 2 N–H and O–H groups in total. The zero-order valence-corrected chi connectivity index (χ0v) is 24.3. The van der Waals surface area contributed by atoms with E-state index >= 15 is 0 Å². The van der Waals surface area contributed by atoms with Gasteiger partial charge in [-0.25, -0.2) is 4.79 Å². The number of nitrogens with one attached hydrogen (secondary N) is 2. The average molecular weight is 522 g/mol. The van der Waals surface area contributed by atoms with Crippen LogP contribution < -0.4 is 10.6 Å². The molecule has 0 heterocycles. The van der Waals surface area contributed by atoms with Gasteiger partial charge in [-0.1, -0.05) is 51.0 Å². The predicted molar refractivity (Wildman–Crippen MR) is 149 cm³/mol. The van der Waals surface area contributed by atoms with Crippen molar-refractivity contribution in [2.45, 2.75) is 104 Å². The van der Waals surface area contributed by atoms with Crippen molar-refractivity contribution in [2.24, 2.45) is 0 Å². The van der Waals surface area contributed by atoms with Crippen LogP contribution in [0, 0.1) is 0 Å². The molecule has 7 nitrogen and oxygen atoms in total. The van der Waals surface area contributed by atoms with Crippen molar-refractivity contribution in [3.8, 4) is 0 Å². The van der Waals surface area contributed by atoms with Crippen molar-refractivity contribution in [3.05, 3.63) is 35.4 Å². The number of aryl methyl sites for hydroxylation is 1. The number of carbonyl (C=O) groups excluding carboxylic acids is 3. The Labute approximate surface area is 222 Å². The lowest BCUT2D eigenvalue weighted by atomic mass is 9.99. The molecule has 2 unspecified atom stereocenters. The molecule has 8 heteroatoms. The molecule has 0 aliphatic carbocycles. The first-order chi connectivity index (χ1) is 16.9. The number of unbranched alkanes of at least 4 members (excludes halogenated alkanes) is 2. The lowest BCUT2D eigenvalue weighted by Gasteiger charge is -2.37. The Bertz CT molecular complexity index is 821. The van der Waals surface area contributed by atoms with Gasteiger partial charge in [0.25, 0.3) is 0 Å². The molecule has 0 fully saturated rings. The largest absolute Gasteiger partial charge is 0.444 e. The Morgan fingerprint density at radius 1 is 1.06 bits per heavy atom. The highest BCUT2D eigenvalue weighted by Gasteiger charge is 2.37. The lowest BCUT2D eigenvalue weighted by Crippen LogP contribution is -2.55. The minimum absolute atomic E-state index is 0.210. The van der Waals surface area contributed by atoms with E-state index in [1.54, 1.807) is 37.4 Å². The van der Waals surface area contributed by atoms with Crippen LogP contribution in [0.5, 0.6) is 0 Å². The molecule has 0 aromatic heterocycles. The van der Waals surface area contributed by atoms with Crippen LogP contribution in [-0.4, -0.2) is 59.0 Å². The van der Waals surface area contributed by atoms with Gasteiger partial charge in [-0.05, 0) is 77.0 Å². The van der Waals surface area contributed by atoms with E-state index in [4.69, 9.17) is 4.74 Å². The Balaban J connectivity index is 3.36. The highest BCUT2D eigenvalue weighted by Crippen LogP contribution is 2.26. The summed E-state index contributed by atoms with van der Waals surface area (Å²) in [6.07, 6.45) is 5.60. The fraction of sp³-hybridized carbons (Fsp3) is 0.679. The minimum atomic E-state index is -0.806. The third-order valence-corrected chi connectivity index (χ3v) is 6.36. The third kappa shape index (κ3) is 10.8. The molecular formula is C28H47N3O4S. The number of thioether (sulfide) groups is 1. The van der Waals surface area contributed by atoms with Crippen LogP contribution in [0.25, 0.3) is 0 Å². The van der Waals surface area contributed by atoms with Crippen molar-refractivity contribution in [3.63, 3.8) is 0 Å². The summed E-state index contributed by atoms with van der Waals surface area (Å²) in [7, 11) is 0. The van der Waals surface area contributed by atoms with Gasteiger partial charge in [-0.3, -0.25) is 9.59 Å². The number of hydrogen-bond donors (Lipinski definition) is 2. The molecule has 1 aromatic rings. The molecule has 1 aromatic carbocycles. The molecule has 0 bridgehead atoms. The molecule has 3 amide bonds. The fourth-order valence-electron chi connectivity index (χ4n) is 3.86. The van der Waals surface area contributed by atoms with Gasteiger partial charge in [0, 0.05) is 12.6 Å². The molecule has 204 valence electrons. The van der Waals surface area contributed by atoms with Crippen LogP contribution in [0.2, 0.25) is 0 Å². The van der Waals surface area contributed by atoms with Crippen LogP contribution in [0.4, 0.5) is 4.79 Å². The predicted octanol–water partition coefficient (Wildman–Crippen LogP) is 5.48. The summed E-state index contributed by atoms with van der Waals surface area (Å²) in [4.78, 5) is 41.7. The Morgan fingerprint density at radius 2 is 1.69 bits per heavy atom. The Hall–Kier alpha value is -2.22. The summed E-state index contributed by atoms with van der Waals surface area (Å²) < 4.78 is 5.43. The van der Waals surface area contributed by atoms with E-state index in [1.807, 2.05) is 44.4 Å². The summed E-state index contributed by atoms with van der Waals surface area (Å²) in [5, 5.41) is 5.81. The van der Waals surface area contributed by atoms with Gasteiger partial charge >= 0.3 is 6.09 Å². The Kier molecular flexibility index (Phi) is 14.0. The first-order valence-electron chi connectivity index (χ1n) is 13.1. The van der Waals surface area contributed by atoms with E-state index in [9.17, 15) is 14.4 Å². The van der Waals surface area contributed by atoms with Crippen molar-refractivity contribution < 1.29 is 19.1 Å². The number of nitrogens with zero attached hydrogens (tertiary/aromatic N) is 1. The van der Waals surface area contributed by atoms with Crippen molar-refractivity contribution >= 4 is 29.7 Å². The summed E-state index contributed by atoms with van der Waals surface area (Å²) in [5.41, 5.74) is 1.23. The van der Waals surface area contributed by atoms with Crippen LogP contribution in [0.3, 0.4) is 0 Å². The van der Waals surface area contributed by atoms with Crippen LogP contribution in [-0.2, 0) is 20.7 Å². The summed E-state index contributed by atoms with van der Waals surface area (Å²) in [5.74, 6) is 0.175. The number of alkyl carbamates (subject to hydrolysis) is 1. The Morgan fingerprint density at radius 3 is 2.19 bits per heavy atom. The third-order valence-electron chi connectivity index (χ3n) is 5.72. The molecule has 0 saturated heterocycles. The number of rotatable bonds is 14. The van der Waals surface area contributed by atoms with Crippen molar-refractivity contribution in [1.82, 2.24) is 15.5 Å². The van der Waals surface area contributed by atoms with Gasteiger partial charge in [0.15, 0.2) is 0 Å². The topological polar surface area (TPSA) is 87.7 Å². The molecule has 2 atom stereocenters. The normalized spacial score (nSPS) is 13.1. The molecule has 36 heavy (non-hydrogen) atoms. The van der Waals surface area contributed by atoms with Gasteiger partial charge in [0.1, 0.15) is 17.7 Å². The SMILES string of the molecule is CCCCCNC(=O)C(c1ccc(CC)cc1)N(C(=O)C(CCSC)NC(=O)OC(C)(C)C)C(C)C. The van der Waals surface area contributed by atoms with Crippen molar-refractivity contribution in [2.75, 3.05) is 18.6 Å². The van der Waals surface area contributed by atoms with E-state index < -0.39 is 23.8 Å². The number of hydrogen-bond acceptors (Lipinski definition) is 5. The summed E-state index contributed by atoms with van der Waals surface area (Å²) >= 11 is 1.60. The quantitative estimate of drug-likeness (QED) is 0.317. The first-order valence-corrected chi connectivity index (χ1v) is 14.5. The van der Waals surface area contributed by atoms with Crippen molar-refractivity contribution in [1.29, 1.82) is 0 Å². The van der Waals surface area contributed by atoms with Gasteiger partial charge in [0.2, 0.25) is 11.8 Å². The zero-order valence-electron chi connectivity index (χ0n) is 23.5. The van der Waals surface area contributed by atoms with Crippen LogP contribution >= 0.6 is 11.8 Å². The van der Waals surface area contributed by atoms with E-state index in [0.29, 0.717) is 18.7 Å². The highest BCUT2D eigenvalue weighted by atomic mass is 32.2. The summed E-state index contributed by atoms with van der Waals surface area (Å²) in [6.45, 7) is 13.9. The standard InChI is InChI=1S/C28H47N3O4S/c1-9-11-12-18-29-25(32)24(22-15-13-21(10-2)14-16-22)31(20(3)4)26(33)23(17-19-36-8)30-27(34)35-28(5,6)7/h13-16,20,23-24H,9-12,17-19H2,1-8H3,(H,29,32)(H,30,34). The second-order valence-electron chi connectivity index (χ2n) is 10.3. The molecule has 0 saturated carbocycles. The van der Waals surface area contributed by atoms with E-state index in [2.05, 4.69) is 24.5 Å². The van der Waals surface area contributed by atoms with Gasteiger partial charge < -0.3 is 20.3 Å². The number of amides is 3. The van der Waals surface area contributed by atoms with E-state index in [-0.39, 0.29) is 17.9 Å². The minimum Gasteiger partial charge on any atom is -0.444 e. The molecule has 0 spiro atoms. The molecular weight excluding hydrogens is 474 g/mol. The number of ether oxygens (including phenoxy) is 1.